The molecule has 2 heterocycles. The number of carboxylic acid groups (broad SMARTS) is 1. The van der Waals surface area contributed by atoms with Crippen LogP contribution in [0.1, 0.15) is 12.1 Å². The molecular formula is C9H10BrN5O2. The van der Waals surface area contributed by atoms with Gasteiger partial charge >= 0.3 is 5.97 Å². The standard InChI is InChI=1S/C9H10BrN5O2/c10-7-3-11-15(4-7)6-8-5-14(13-12-8)2-1-9(16)17/h3-5H,1-2,6H2,(H,16,17). The molecule has 0 bridgehead atoms. The summed E-state index contributed by atoms with van der Waals surface area (Å²) in [5, 5.41) is 20.4. The van der Waals surface area contributed by atoms with E-state index in [1.165, 1.54) is 4.68 Å². The Morgan fingerprint density at radius 1 is 1.41 bits per heavy atom. The van der Waals surface area contributed by atoms with Gasteiger partial charge in [0.25, 0.3) is 0 Å². The molecule has 0 atom stereocenters. The van der Waals surface area contributed by atoms with Gasteiger partial charge in [-0.3, -0.25) is 14.2 Å². The summed E-state index contributed by atoms with van der Waals surface area (Å²) >= 11 is 3.30. The molecule has 2 rings (SSSR count). The number of nitrogens with zero attached hydrogens (tertiary/aromatic N) is 5. The molecule has 7 nitrogen and oxygen atoms in total. The number of carbonyl (C=O) groups is 1. The number of hydrogen-bond acceptors (Lipinski definition) is 4. The van der Waals surface area contributed by atoms with E-state index in [4.69, 9.17) is 5.11 Å². The van der Waals surface area contributed by atoms with Gasteiger partial charge < -0.3 is 5.11 Å². The molecule has 0 spiro atoms. The number of rotatable bonds is 5. The van der Waals surface area contributed by atoms with E-state index in [2.05, 4.69) is 31.3 Å². The molecule has 0 radical (unpaired) electrons. The Hall–Kier alpha value is -1.70. The van der Waals surface area contributed by atoms with Gasteiger partial charge in [-0.25, -0.2) is 0 Å². The molecule has 0 aromatic carbocycles. The van der Waals surface area contributed by atoms with Crippen molar-refractivity contribution in [2.75, 3.05) is 0 Å². The summed E-state index contributed by atoms with van der Waals surface area (Å²) in [5.41, 5.74) is 0.742. The zero-order valence-electron chi connectivity index (χ0n) is 8.82. The van der Waals surface area contributed by atoms with E-state index in [-0.39, 0.29) is 6.42 Å². The van der Waals surface area contributed by atoms with Gasteiger partial charge in [0.1, 0.15) is 5.69 Å². The van der Waals surface area contributed by atoms with E-state index in [1.807, 2.05) is 6.20 Å². The third-order valence-electron chi connectivity index (χ3n) is 2.07. The summed E-state index contributed by atoms with van der Waals surface area (Å²) in [6.07, 6.45) is 5.28. The SMILES string of the molecule is O=C(O)CCn1cc(Cn2cc(Br)cn2)nn1. The van der Waals surface area contributed by atoms with Crippen LogP contribution < -0.4 is 0 Å². The maximum absolute atomic E-state index is 10.4. The maximum Gasteiger partial charge on any atom is 0.305 e. The summed E-state index contributed by atoms with van der Waals surface area (Å²) in [5.74, 6) is -0.849. The van der Waals surface area contributed by atoms with E-state index in [1.54, 1.807) is 17.1 Å². The minimum absolute atomic E-state index is 0.0378. The van der Waals surface area contributed by atoms with Crippen LogP contribution in [0.15, 0.2) is 23.1 Å². The molecule has 2 aromatic heterocycles. The summed E-state index contributed by atoms with van der Waals surface area (Å²) in [6.45, 7) is 0.837. The third kappa shape index (κ3) is 3.38. The number of aryl methyl sites for hydroxylation is 1. The van der Waals surface area contributed by atoms with Crippen molar-refractivity contribution in [3.05, 3.63) is 28.8 Å². The fraction of sp³-hybridized carbons (Fsp3) is 0.333. The first-order valence-corrected chi connectivity index (χ1v) is 5.71. The first-order valence-electron chi connectivity index (χ1n) is 4.92. The summed E-state index contributed by atoms with van der Waals surface area (Å²) in [4.78, 5) is 10.4. The topological polar surface area (TPSA) is 85.8 Å². The molecule has 1 N–H and O–H groups in total. The second-order valence-corrected chi connectivity index (χ2v) is 4.39. The first-order chi connectivity index (χ1) is 8.13. The zero-order valence-corrected chi connectivity index (χ0v) is 10.4. The summed E-state index contributed by atoms with van der Waals surface area (Å²) in [6, 6.07) is 0. The van der Waals surface area contributed by atoms with E-state index >= 15 is 0 Å². The number of aromatic nitrogens is 5. The van der Waals surface area contributed by atoms with Crippen molar-refractivity contribution in [2.45, 2.75) is 19.5 Å². The predicted molar refractivity (Wildman–Crippen MR) is 61.3 cm³/mol. The highest BCUT2D eigenvalue weighted by molar-refractivity contribution is 9.10. The largest absolute Gasteiger partial charge is 0.481 e. The molecule has 2 aromatic rings. The molecule has 0 saturated heterocycles. The quantitative estimate of drug-likeness (QED) is 0.881. The Bertz CT molecular complexity index is 521. The fourth-order valence-electron chi connectivity index (χ4n) is 1.32. The van der Waals surface area contributed by atoms with Gasteiger partial charge in [0, 0.05) is 6.20 Å². The van der Waals surface area contributed by atoms with Crippen LogP contribution in [0.3, 0.4) is 0 Å². The minimum Gasteiger partial charge on any atom is -0.481 e. The Balaban J connectivity index is 1.96. The summed E-state index contributed by atoms with van der Waals surface area (Å²) in [7, 11) is 0. The molecule has 0 fully saturated rings. The van der Waals surface area contributed by atoms with Crippen LogP contribution in [-0.4, -0.2) is 35.9 Å². The molecule has 0 amide bonds. The van der Waals surface area contributed by atoms with Crippen molar-refractivity contribution in [3.8, 4) is 0 Å². The van der Waals surface area contributed by atoms with Gasteiger partial charge in [-0.2, -0.15) is 5.10 Å². The lowest BCUT2D eigenvalue weighted by Crippen LogP contribution is -2.05. The number of hydrogen-bond donors (Lipinski definition) is 1. The van der Waals surface area contributed by atoms with E-state index in [9.17, 15) is 4.79 Å². The van der Waals surface area contributed by atoms with Crippen molar-refractivity contribution < 1.29 is 9.90 Å². The van der Waals surface area contributed by atoms with Crippen LogP contribution in [0.25, 0.3) is 0 Å². The third-order valence-corrected chi connectivity index (χ3v) is 2.48. The van der Waals surface area contributed by atoms with Crippen LogP contribution in [0.2, 0.25) is 0 Å². The highest BCUT2D eigenvalue weighted by Crippen LogP contribution is 2.07. The lowest BCUT2D eigenvalue weighted by Gasteiger charge is -1.96. The Morgan fingerprint density at radius 3 is 2.88 bits per heavy atom. The lowest BCUT2D eigenvalue weighted by atomic mass is 10.4. The van der Waals surface area contributed by atoms with Gasteiger partial charge in [-0.05, 0) is 15.9 Å². The van der Waals surface area contributed by atoms with Crippen LogP contribution in [0, 0.1) is 0 Å². The zero-order chi connectivity index (χ0) is 12.3. The average Bonchev–Trinajstić information content (AvgIpc) is 2.86. The van der Waals surface area contributed by atoms with Crippen molar-refractivity contribution in [1.82, 2.24) is 24.8 Å². The lowest BCUT2D eigenvalue weighted by molar-refractivity contribution is -0.137. The molecule has 17 heavy (non-hydrogen) atoms. The Labute approximate surface area is 105 Å². The highest BCUT2D eigenvalue weighted by Gasteiger charge is 2.04. The Kier molecular flexibility index (Phi) is 3.52. The number of halogens is 1. The monoisotopic (exact) mass is 299 g/mol. The van der Waals surface area contributed by atoms with Crippen molar-refractivity contribution in [1.29, 1.82) is 0 Å². The van der Waals surface area contributed by atoms with Crippen LogP contribution in [0.5, 0.6) is 0 Å². The van der Waals surface area contributed by atoms with Crippen LogP contribution >= 0.6 is 15.9 Å². The smallest absolute Gasteiger partial charge is 0.305 e. The normalized spacial score (nSPS) is 10.6. The van der Waals surface area contributed by atoms with Crippen LogP contribution in [-0.2, 0) is 17.9 Å². The van der Waals surface area contributed by atoms with Gasteiger partial charge in [0.2, 0.25) is 0 Å². The molecule has 8 heteroatoms. The van der Waals surface area contributed by atoms with Crippen molar-refractivity contribution >= 4 is 21.9 Å². The molecule has 0 aliphatic heterocycles. The van der Waals surface area contributed by atoms with Crippen LogP contribution in [0.4, 0.5) is 0 Å². The number of aliphatic carboxylic acids is 1. The fourth-order valence-corrected chi connectivity index (χ4v) is 1.65. The van der Waals surface area contributed by atoms with E-state index in [0.717, 1.165) is 10.2 Å². The van der Waals surface area contributed by atoms with Crippen molar-refractivity contribution in [2.24, 2.45) is 0 Å². The molecule has 0 aliphatic rings. The number of carboxylic acids is 1. The summed E-state index contributed by atoms with van der Waals surface area (Å²) < 4.78 is 4.13. The highest BCUT2D eigenvalue weighted by atomic mass is 79.9. The average molecular weight is 300 g/mol. The van der Waals surface area contributed by atoms with Gasteiger partial charge in [0.15, 0.2) is 0 Å². The molecule has 90 valence electrons. The van der Waals surface area contributed by atoms with Gasteiger partial charge in [-0.15, -0.1) is 5.10 Å². The van der Waals surface area contributed by atoms with Crippen molar-refractivity contribution in [3.63, 3.8) is 0 Å². The molecular weight excluding hydrogens is 290 g/mol. The maximum atomic E-state index is 10.4. The second-order valence-electron chi connectivity index (χ2n) is 3.47. The first kappa shape index (κ1) is 11.8. The predicted octanol–water partition coefficient (Wildman–Crippen LogP) is 0.760. The second kappa shape index (κ2) is 5.09. The molecule has 0 aliphatic carbocycles. The van der Waals surface area contributed by atoms with E-state index in [0.29, 0.717) is 13.1 Å². The molecule has 0 unspecified atom stereocenters. The van der Waals surface area contributed by atoms with Gasteiger partial charge in [-0.1, -0.05) is 5.21 Å². The van der Waals surface area contributed by atoms with Gasteiger partial charge in [0.05, 0.1) is 36.4 Å². The Morgan fingerprint density at radius 2 is 2.24 bits per heavy atom. The molecule has 0 saturated carbocycles. The minimum atomic E-state index is -0.849. The van der Waals surface area contributed by atoms with E-state index < -0.39 is 5.97 Å².